The van der Waals surface area contributed by atoms with Crippen LogP contribution in [0.1, 0.15) is 21.5 Å². The van der Waals surface area contributed by atoms with Gasteiger partial charge < -0.3 is 5.11 Å². The lowest BCUT2D eigenvalue weighted by atomic mass is 10.0. The molecule has 0 atom stereocenters. The molecular formula is C23H24N2O3. The van der Waals surface area contributed by atoms with E-state index in [9.17, 15) is 9.90 Å². The Balaban J connectivity index is 1.75. The first-order valence-corrected chi connectivity index (χ1v) is 9.20. The number of hydrogen-bond donors (Lipinski definition) is 3. The van der Waals surface area contributed by atoms with Crippen LogP contribution in [0.5, 0.6) is 0 Å². The maximum absolute atomic E-state index is 11.5. The molecule has 0 unspecified atom stereocenters. The largest absolute Gasteiger partial charge is 0.395 e. The van der Waals surface area contributed by atoms with Gasteiger partial charge in [0.25, 0.3) is 5.91 Å². The SMILES string of the molecule is O=C(NO)c1ccc(-c2cccc(CN(CCO)Cc3ccccc3)c2)cc1. The van der Waals surface area contributed by atoms with Gasteiger partial charge in [-0.3, -0.25) is 14.9 Å². The summed E-state index contributed by atoms with van der Waals surface area (Å²) in [7, 11) is 0. The minimum Gasteiger partial charge on any atom is -0.395 e. The van der Waals surface area contributed by atoms with Crippen molar-refractivity contribution >= 4 is 5.91 Å². The Kier molecular flexibility index (Phi) is 6.92. The summed E-state index contributed by atoms with van der Waals surface area (Å²) in [5.41, 5.74) is 6.45. The molecule has 3 aromatic carbocycles. The summed E-state index contributed by atoms with van der Waals surface area (Å²) >= 11 is 0. The highest BCUT2D eigenvalue weighted by molar-refractivity contribution is 5.93. The highest BCUT2D eigenvalue weighted by Gasteiger charge is 2.09. The van der Waals surface area contributed by atoms with Crippen molar-refractivity contribution in [3.63, 3.8) is 0 Å². The minimum atomic E-state index is -0.527. The number of rotatable bonds is 8. The number of carbonyl (C=O) groups excluding carboxylic acids is 1. The summed E-state index contributed by atoms with van der Waals surface area (Å²) < 4.78 is 0. The normalized spacial score (nSPS) is 10.8. The summed E-state index contributed by atoms with van der Waals surface area (Å²) in [5, 5.41) is 18.1. The Morgan fingerprint density at radius 1 is 0.821 bits per heavy atom. The molecule has 0 aliphatic rings. The average molecular weight is 376 g/mol. The zero-order valence-corrected chi connectivity index (χ0v) is 15.6. The molecular weight excluding hydrogens is 352 g/mol. The van der Waals surface area contributed by atoms with E-state index in [0.29, 0.717) is 12.1 Å². The predicted octanol–water partition coefficient (Wildman–Crippen LogP) is 3.47. The number of aliphatic hydroxyl groups excluding tert-OH is 1. The second-order valence-corrected chi connectivity index (χ2v) is 6.64. The molecule has 0 spiro atoms. The second kappa shape index (κ2) is 9.80. The molecule has 0 radical (unpaired) electrons. The molecule has 5 nitrogen and oxygen atoms in total. The van der Waals surface area contributed by atoms with Crippen LogP contribution in [0.3, 0.4) is 0 Å². The van der Waals surface area contributed by atoms with E-state index in [0.717, 1.165) is 29.8 Å². The standard InChI is InChI=1S/C23H24N2O3/c26-14-13-25(16-18-5-2-1-3-6-18)17-19-7-4-8-22(15-19)20-9-11-21(12-10-20)23(27)24-28/h1-12,15,26,28H,13-14,16-17H2,(H,24,27). The van der Waals surface area contributed by atoms with E-state index in [1.54, 1.807) is 17.6 Å². The van der Waals surface area contributed by atoms with Crippen LogP contribution in [0.15, 0.2) is 78.9 Å². The third-order valence-corrected chi connectivity index (χ3v) is 4.58. The summed E-state index contributed by atoms with van der Waals surface area (Å²) in [5.74, 6) is -0.527. The molecule has 3 aromatic rings. The van der Waals surface area contributed by atoms with Gasteiger partial charge in [0.15, 0.2) is 0 Å². The summed E-state index contributed by atoms with van der Waals surface area (Å²) in [6.45, 7) is 2.22. The number of carbonyl (C=O) groups is 1. The van der Waals surface area contributed by atoms with E-state index in [1.807, 2.05) is 42.5 Å². The van der Waals surface area contributed by atoms with Crippen LogP contribution in [0.2, 0.25) is 0 Å². The molecule has 0 bridgehead atoms. The van der Waals surface area contributed by atoms with Crippen LogP contribution in [0, 0.1) is 0 Å². The molecule has 0 aliphatic carbocycles. The third kappa shape index (κ3) is 5.27. The highest BCUT2D eigenvalue weighted by atomic mass is 16.5. The van der Waals surface area contributed by atoms with Crippen LogP contribution < -0.4 is 5.48 Å². The number of amides is 1. The van der Waals surface area contributed by atoms with Crippen LogP contribution in [0.25, 0.3) is 11.1 Å². The average Bonchev–Trinajstić information content (AvgIpc) is 2.74. The Labute approximate surface area is 164 Å². The van der Waals surface area contributed by atoms with Gasteiger partial charge in [-0.25, -0.2) is 5.48 Å². The Morgan fingerprint density at radius 2 is 1.50 bits per heavy atom. The van der Waals surface area contributed by atoms with Crippen LogP contribution in [-0.2, 0) is 13.1 Å². The number of aliphatic hydroxyl groups is 1. The Morgan fingerprint density at radius 3 is 2.18 bits per heavy atom. The molecule has 5 heteroatoms. The van der Waals surface area contributed by atoms with Crippen LogP contribution >= 0.6 is 0 Å². The monoisotopic (exact) mass is 376 g/mol. The summed E-state index contributed by atoms with van der Waals surface area (Å²) in [4.78, 5) is 13.7. The molecule has 144 valence electrons. The van der Waals surface area contributed by atoms with Gasteiger partial charge in [0.2, 0.25) is 0 Å². The number of hydroxylamine groups is 1. The predicted molar refractivity (Wildman–Crippen MR) is 109 cm³/mol. The lowest BCUT2D eigenvalue weighted by Crippen LogP contribution is -2.26. The second-order valence-electron chi connectivity index (χ2n) is 6.64. The maximum Gasteiger partial charge on any atom is 0.274 e. The first-order chi connectivity index (χ1) is 13.7. The number of benzene rings is 3. The van der Waals surface area contributed by atoms with Gasteiger partial charge >= 0.3 is 0 Å². The first kappa shape index (κ1) is 19.8. The van der Waals surface area contributed by atoms with Gasteiger partial charge in [-0.2, -0.15) is 0 Å². The summed E-state index contributed by atoms with van der Waals surface area (Å²) in [6.07, 6.45) is 0. The maximum atomic E-state index is 11.5. The number of nitrogens with one attached hydrogen (secondary N) is 1. The molecule has 0 saturated carbocycles. The lowest BCUT2D eigenvalue weighted by molar-refractivity contribution is 0.0706. The van der Waals surface area contributed by atoms with Crippen LogP contribution in [0.4, 0.5) is 0 Å². The molecule has 3 N–H and O–H groups in total. The van der Waals surface area contributed by atoms with Gasteiger partial charge in [0.05, 0.1) is 6.61 Å². The molecule has 0 heterocycles. The van der Waals surface area contributed by atoms with Crippen molar-refractivity contribution in [1.29, 1.82) is 0 Å². The highest BCUT2D eigenvalue weighted by Crippen LogP contribution is 2.22. The smallest absolute Gasteiger partial charge is 0.274 e. The van der Waals surface area contributed by atoms with Crippen molar-refractivity contribution < 1.29 is 15.1 Å². The Bertz CT molecular complexity index is 895. The van der Waals surface area contributed by atoms with Crippen molar-refractivity contribution in [2.75, 3.05) is 13.2 Å². The van der Waals surface area contributed by atoms with Crippen molar-refractivity contribution in [2.24, 2.45) is 0 Å². The topological polar surface area (TPSA) is 72.8 Å². The van der Waals surface area contributed by atoms with E-state index in [1.165, 1.54) is 5.56 Å². The zero-order chi connectivity index (χ0) is 19.8. The molecule has 1 amide bonds. The third-order valence-electron chi connectivity index (χ3n) is 4.58. The van der Waals surface area contributed by atoms with Crippen LogP contribution in [-0.4, -0.2) is 34.3 Å². The first-order valence-electron chi connectivity index (χ1n) is 9.20. The van der Waals surface area contributed by atoms with Crippen molar-refractivity contribution in [2.45, 2.75) is 13.1 Å². The van der Waals surface area contributed by atoms with Crippen molar-refractivity contribution in [3.8, 4) is 11.1 Å². The molecule has 0 aromatic heterocycles. The van der Waals surface area contributed by atoms with Gasteiger partial charge in [-0.1, -0.05) is 60.7 Å². The number of nitrogens with zero attached hydrogens (tertiary/aromatic N) is 1. The van der Waals surface area contributed by atoms with Gasteiger partial charge in [-0.05, 0) is 40.5 Å². The van der Waals surface area contributed by atoms with E-state index < -0.39 is 5.91 Å². The van der Waals surface area contributed by atoms with E-state index >= 15 is 0 Å². The molecule has 28 heavy (non-hydrogen) atoms. The molecule has 0 fully saturated rings. The fraction of sp³-hybridized carbons (Fsp3) is 0.174. The lowest BCUT2D eigenvalue weighted by Gasteiger charge is -2.22. The fourth-order valence-electron chi connectivity index (χ4n) is 3.18. The number of hydrogen-bond acceptors (Lipinski definition) is 4. The molecule has 0 aliphatic heterocycles. The van der Waals surface area contributed by atoms with Gasteiger partial charge in [0.1, 0.15) is 0 Å². The fourth-order valence-corrected chi connectivity index (χ4v) is 3.18. The zero-order valence-electron chi connectivity index (χ0n) is 15.6. The van der Waals surface area contributed by atoms with Crippen molar-refractivity contribution in [1.82, 2.24) is 10.4 Å². The van der Waals surface area contributed by atoms with Gasteiger partial charge in [0, 0.05) is 25.2 Å². The molecule has 0 saturated heterocycles. The van der Waals surface area contributed by atoms with Crippen molar-refractivity contribution in [3.05, 3.63) is 95.6 Å². The van der Waals surface area contributed by atoms with E-state index in [2.05, 4.69) is 29.2 Å². The van der Waals surface area contributed by atoms with E-state index in [4.69, 9.17) is 5.21 Å². The van der Waals surface area contributed by atoms with Gasteiger partial charge in [-0.15, -0.1) is 0 Å². The quantitative estimate of drug-likeness (QED) is 0.416. The van der Waals surface area contributed by atoms with E-state index in [-0.39, 0.29) is 6.61 Å². The molecule has 3 rings (SSSR count). The summed E-state index contributed by atoms with van der Waals surface area (Å²) in [6, 6.07) is 25.5. The minimum absolute atomic E-state index is 0.112. The Hall–Kier alpha value is -2.99.